The van der Waals surface area contributed by atoms with E-state index < -0.39 is 6.04 Å². The maximum Gasteiger partial charge on any atom is 0.247 e. The van der Waals surface area contributed by atoms with Gasteiger partial charge in [0, 0.05) is 18.7 Å². The molecule has 0 aliphatic heterocycles. The summed E-state index contributed by atoms with van der Waals surface area (Å²) >= 11 is 0. The lowest BCUT2D eigenvalue weighted by atomic mass is 10.1. The van der Waals surface area contributed by atoms with Gasteiger partial charge in [-0.2, -0.15) is 4.80 Å². The number of hydrogen-bond donors (Lipinski definition) is 1. The standard InChI is InChI=1S/C26H34N6O4/c1-18(2)13-14-27-26(34)19(3)31(16-20-9-7-6-8-10-20)24(33)17-32-29-25(28-30-32)21-11-12-22(35-4)23(15-21)36-5/h6-12,15,18-19H,13-14,16-17H2,1-5H3,(H,27,34). The molecule has 2 aromatic carbocycles. The van der Waals surface area contributed by atoms with Crippen molar-refractivity contribution < 1.29 is 19.1 Å². The van der Waals surface area contributed by atoms with Crippen LogP contribution in [0, 0.1) is 5.92 Å². The predicted molar refractivity (Wildman–Crippen MR) is 135 cm³/mol. The van der Waals surface area contributed by atoms with Crippen LogP contribution >= 0.6 is 0 Å². The molecule has 1 aromatic heterocycles. The number of methoxy groups -OCH3 is 2. The van der Waals surface area contributed by atoms with Gasteiger partial charge in [0.25, 0.3) is 0 Å². The van der Waals surface area contributed by atoms with Crippen LogP contribution in [-0.2, 0) is 22.7 Å². The van der Waals surface area contributed by atoms with Gasteiger partial charge in [-0.05, 0) is 48.2 Å². The summed E-state index contributed by atoms with van der Waals surface area (Å²) in [5.74, 6) is 1.45. The molecule has 3 rings (SSSR count). The van der Waals surface area contributed by atoms with E-state index in [9.17, 15) is 9.59 Å². The van der Waals surface area contributed by atoms with E-state index in [1.807, 2.05) is 30.3 Å². The minimum atomic E-state index is -0.668. The number of nitrogens with zero attached hydrogens (tertiary/aromatic N) is 5. The Morgan fingerprint density at radius 2 is 1.75 bits per heavy atom. The molecule has 0 aliphatic carbocycles. The zero-order valence-corrected chi connectivity index (χ0v) is 21.5. The lowest BCUT2D eigenvalue weighted by Crippen LogP contribution is -2.49. The van der Waals surface area contributed by atoms with Crippen LogP contribution < -0.4 is 14.8 Å². The van der Waals surface area contributed by atoms with Crippen LogP contribution in [0.15, 0.2) is 48.5 Å². The van der Waals surface area contributed by atoms with Gasteiger partial charge in [0.05, 0.1) is 14.2 Å². The quantitative estimate of drug-likeness (QED) is 0.412. The van der Waals surface area contributed by atoms with E-state index in [0.29, 0.717) is 35.3 Å². The molecule has 3 aromatic rings. The molecule has 192 valence electrons. The Morgan fingerprint density at radius 3 is 2.42 bits per heavy atom. The molecule has 10 nitrogen and oxygen atoms in total. The topological polar surface area (TPSA) is 111 Å². The van der Waals surface area contributed by atoms with Crippen molar-refractivity contribution in [1.29, 1.82) is 0 Å². The lowest BCUT2D eigenvalue weighted by molar-refractivity contribution is -0.141. The molecule has 2 amide bonds. The molecule has 36 heavy (non-hydrogen) atoms. The van der Waals surface area contributed by atoms with E-state index in [2.05, 4.69) is 34.6 Å². The van der Waals surface area contributed by atoms with Crippen LogP contribution in [0.1, 0.15) is 32.8 Å². The molecule has 1 heterocycles. The highest BCUT2D eigenvalue weighted by atomic mass is 16.5. The fraction of sp³-hybridized carbons (Fsp3) is 0.423. The number of tetrazole rings is 1. The number of carbonyl (C=O) groups is 2. The first kappa shape index (κ1) is 26.7. The van der Waals surface area contributed by atoms with Crippen LogP contribution in [0.3, 0.4) is 0 Å². The molecule has 0 spiro atoms. The molecule has 0 aliphatic rings. The highest BCUT2D eigenvalue weighted by Crippen LogP contribution is 2.30. The molecule has 0 bridgehead atoms. The van der Waals surface area contributed by atoms with Gasteiger partial charge < -0.3 is 19.7 Å². The number of hydrogen-bond acceptors (Lipinski definition) is 7. The maximum absolute atomic E-state index is 13.4. The molecule has 0 saturated carbocycles. The third kappa shape index (κ3) is 7.03. The van der Waals surface area contributed by atoms with E-state index in [4.69, 9.17) is 9.47 Å². The molecular formula is C26H34N6O4. The van der Waals surface area contributed by atoms with Gasteiger partial charge in [-0.1, -0.05) is 44.2 Å². The van der Waals surface area contributed by atoms with Crippen molar-refractivity contribution in [3.8, 4) is 22.9 Å². The Balaban J connectivity index is 1.76. The number of benzene rings is 2. The van der Waals surface area contributed by atoms with Crippen LogP contribution in [0.5, 0.6) is 11.5 Å². The van der Waals surface area contributed by atoms with Crippen LogP contribution in [0.2, 0.25) is 0 Å². The monoisotopic (exact) mass is 494 g/mol. The summed E-state index contributed by atoms with van der Waals surface area (Å²) in [7, 11) is 3.11. The maximum atomic E-state index is 13.4. The van der Waals surface area contributed by atoms with Crippen molar-refractivity contribution in [2.24, 2.45) is 5.92 Å². The van der Waals surface area contributed by atoms with E-state index in [1.54, 1.807) is 44.2 Å². The summed E-state index contributed by atoms with van der Waals surface area (Å²) < 4.78 is 10.6. The van der Waals surface area contributed by atoms with Gasteiger partial charge >= 0.3 is 0 Å². The van der Waals surface area contributed by atoms with Crippen molar-refractivity contribution in [1.82, 2.24) is 30.4 Å². The van der Waals surface area contributed by atoms with Gasteiger partial charge in [-0.25, -0.2) is 0 Å². The molecule has 10 heteroatoms. The minimum Gasteiger partial charge on any atom is -0.493 e. The molecule has 0 radical (unpaired) electrons. The number of aromatic nitrogens is 4. The molecule has 0 fully saturated rings. The molecule has 1 N–H and O–H groups in total. The average Bonchev–Trinajstić information content (AvgIpc) is 3.35. The second kappa shape index (κ2) is 12.7. The highest BCUT2D eigenvalue weighted by molar-refractivity contribution is 5.87. The van der Waals surface area contributed by atoms with Crippen molar-refractivity contribution in [2.75, 3.05) is 20.8 Å². The van der Waals surface area contributed by atoms with E-state index >= 15 is 0 Å². The average molecular weight is 495 g/mol. The van der Waals surface area contributed by atoms with Crippen LogP contribution in [0.4, 0.5) is 0 Å². The fourth-order valence-corrected chi connectivity index (χ4v) is 3.61. The van der Waals surface area contributed by atoms with Crippen LogP contribution in [-0.4, -0.2) is 63.7 Å². The second-order valence-corrected chi connectivity index (χ2v) is 8.87. The number of amides is 2. The van der Waals surface area contributed by atoms with Gasteiger partial charge in [-0.15, -0.1) is 10.2 Å². The Labute approximate surface area is 211 Å². The number of ether oxygens (including phenoxy) is 2. The molecular weight excluding hydrogens is 460 g/mol. The van der Waals surface area contributed by atoms with Crippen molar-refractivity contribution in [3.05, 3.63) is 54.1 Å². The van der Waals surface area contributed by atoms with Crippen LogP contribution in [0.25, 0.3) is 11.4 Å². The summed E-state index contributed by atoms with van der Waals surface area (Å²) in [5, 5.41) is 15.4. The Morgan fingerprint density at radius 1 is 1.03 bits per heavy atom. The largest absolute Gasteiger partial charge is 0.493 e. The first-order chi connectivity index (χ1) is 17.3. The molecule has 1 atom stereocenters. The normalized spacial score (nSPS) is 11.7. The zero-order chi connectivity index (χ0) is 26.1. The zero-order valence-electron chi connectivity index (χ0n) is 21.5. The molecule has 1 unspecified atom stereocenters. The molecule has 0 saturated heterocycles. The number of rotatable bonds is 12. The van der Waals surface area contributed by atoms with E-state index in [-0.39, 0.29) is 24.9 Å². The Kier molecular flexibility index (Phi) is 9.38. The second-order valence-electron chi connectivity index (χ2n) is 8.87. The van der Waals surface area contributed by atoms with E-state index in [0.717, 1.165) is 12.0 Å². The number of carbonyl (C=O) groups excluding carboxylic acids is 2. The number of nitrogens with one attached hydrogen (secondary N) is 1. The minimum absolute atomic E-state index is 0.156. The van der Waals surface area contributed by atoms with Gasteiger partial charge in [0.2, 0.25) is 17.6 Å². The fourth-order valence-electron chi connectivity index (χ4n) is 3.61. The van der Waals surface area contributed by atoms with Crippen molar-refractivity contribution in [3.63, 3.8) is 0 Å². The SMILES string of the molecule is COc1ccc(-c2nnn(CC(=O)N(Cc3ccccc3)C(C)C(=O)NCCC(C)C)n2)cc1OC. The van der Waals surface area contributed by atoms with Gasteiger partial charge in [0.1, 0.15) is 12.6 Å². The predicted octanol–water partition coefficient (Wildman–Crippen LogP) is 2.94. The first-order valence-corrected chi connectivity index (χ1v) is 11.9. The van der Waals surface area contributed by atoms with Crippen molar-refractivity contribution >= 4 is 11.8 Å². The highest BCUT2D eigenvalue weighted by Gasteiger charge is 2.27. The van der Waals surface area contributed by atoms with Gasteiger partial charge in [0.15, 0.2) is 11.5 Å². The summed E-state index contributed by atoms with van der Waals surface area (Å²) in [5.41, 5.74) is 1.59. The summed E-state index contributed by atoms with van der Waals surface area (Å²) in [6.07, 6.45) is 0.868. The smallest absolute Gasteiger partial charge is 0.247 e. The van der Waals surface area contributed by atoms with E-state index in [1.165, 1.54) is 4.80 Å². The lowest BCUT2D eigenvalue weighted by Gasteiger charge is -2.28. The Bertz CT molecular complexity index is 1150. The third-order valence-electron chi connectivity index (χ3n) is 5.76. The summed E-state index contributed by atoms with van der Waals surface area (Å²) in [4.78, 5) is 29.0. The summed E-state index contributed by atoms with van der Waals surface area (Å²) in [6, 6.07) is 14.2. The first-order valence-electron chi connectivity index (χ1n) is 11.9. The third-order valence-corrected chi connectivity index (χ3v) is 5.76. The van der Waals surface area contributed by atoms with Crippen molar-refractivity contribution in [2.45, 2.75) is 46.3 Å². The summed E-state index contributed by atoms with van der Waals surface area (Å²) in [6.45, 7) is 6.62. The Hall–Kier alpha value is -3.95. The van der Waals surface area contributed by atoms with Gasteiger partial charge in [-0.3, -0.25) is 9.59 Å².